The number of benzene rings is 1. The Morgan fingerprint density at radius 2 is 1.65 bits per heavy atom. The second-order valence-corrected chi connectivity index (χ2v) is 7.35. The molecule has 2 aliphatic rings. The highest BCUT2D eigenvalue weighted by atomic mass is 19.1. The van der Waals surface area contributed by atoms with Crippen LogP contribution in [0.1, 0.15) is 34.1 Å². The van der Waals surface area contributed by atoms with E-state index in [0.717, 1.165) is 5.46 Å². The fourth-order valence-electron chi connectivity index (χ4n) is 2.69. The SMILES string of the molecule is COC1=CCC=CC(Oc2ccc(B3OC(C)(C)C(C)(C)O3)cc2)=C1F. The molecule has 0 radical (unpaired) electrons. The van der Waals surface area contributed by atoms with E-state index in [1.807, 2.05) is 45.9 Å². The Morgan fingerprint density at radius 1 is 1.04 bits per heavy atom. The topological polar surface area (TPSA) is 36.9 Å². The molecule has 1 aliphatic heterocycles. The number of hydrogen-bond donors (Lipinski definition) is 0. The number of rotatable bonds is 4. The van der Waals surface area contributed by atoms with Gasteiger partial charge in [-0.1, -0.05) is 18.2 Å². The van der Waals surface area contributed by atoms with Gasteiger partial charge in [0.2, 0.25) is 5.83 Å². The van der Waals surface area contributed by atoms with Crippen molar-refractivity contribution in [1.82, 2.24) is 0 Å². The first-order valence-electron chi connectivity index (χ1n) is 8.68. The molecule has 0 N–H and O–H groups in total. The Kier molecular flexibility index (Phi) is 4.99. The lowest BCUT2D eigenvalue weighted by molar-refractivity contribution is 0.00578. The van der Waals surface area contributed by atoms with E-state index >= 15 is 0 Å². The summed E-state index contributed by atoms with van der Waals surface area (Å²) in [5, 5.41) is 0. The lowest BCUT2D eigenvalue weighted by Crippen LogP contribution is -2.41. The van der Waals surface area contributed by atoms with Crippen molar-refractivity contribution >= 4 is 12.6 Å². The zero-order valence-electron chi connectivity index (χ0n) is 15.8. The van der Waals surface area contributed by atoms with Crippen LogP contribution in [-0.4, -0.2) is 25.4 Å². The molecule has 1 heterocycles. The fourth-order valence-corrected chi connectivity index (χ4v) is 2.69. The molecular formula is C20H24BFO4. The largest absolute Gasteiger partial charge is 0.494 e. The first kappa shape index (κ1) is 18.7. The molecule has 26 heavy (non-hydrogen) atoms. The van der Waals surface area contributed by atoms with E-state index in [-0.39, 0.29) is 11.5 Å². The van der Waals surface area contributed by atoms with Gasteiger partial charge in [-0.25, -0.2) is 0 Å². The third kappa shape index (κ3) is 3.57. The van der Waals surface area contributed by atoms with Gasteiger partial charge in [-0.3, -0.25) is 0 Å². The molecule has 0 atom stereocenters. The fraction of sp³-hybridized carbons (Fsp3) is 0.400. The zero-order valence-corrected chi connectivity index (χ0v) is 15.8. The Balaban J connectivity index is 1.76. The summed E-state index contributed by atoms with van der Waals surface area (Å²) in [5.74, 6) is 0.312. The van der Waals surface area contributed by atoms with Gasteiger partial charge in [0.1, 0.15) is 5.75 Å². The predicted octanol–water partition coefficient (Wildman–Crippen LogP) is 4.04. The summed E-state index contributed by atoms with van der Waals surface area (Å²) in [7, 11) is 0.999. The molecule has 1 aliphatic carbocycles. The zero-order chi connectivity index (χ0) is 18.9. The van der Waals surface area contributed by atoms with E-state index in [1.165, 1.54) is 7.11 Å². The minimum Gasteiger partial charge on any atom is -0.494 e. The maximum absolute atomic E-state index is 14.4. The quantitative estimate of drug-likeness (QED) is 0.762. The molecule has 1 aromatic rings. The van der Waals surface area contributed by atoms with Crippen LogP contribution < -0.4 is 10.2 Å². The van der Waals surface area contributed by atoms with E-state index in [0.29, 0.717) is 12.2 Å². The summed E-state index contributed by atoms with van der Waals surface area (Å²) in [6, 6.07) is 7.28. The highest BCUT2D eigenvalue weighted by molar-refractivity contribution is 6.62. The molecule has 4 nitrogen and oxygen atoms in total. The molecule has 0 amide bonds. The number of hydrogen-bond acceptors (Lipinski definition) is 4. The van der Waals surface area contributed by atoms with Gasteiger partial charge in [0.25, 0.3) is 0 Å². The maximum Gasteiger partial charge on any atom is 0.494 e. The Hall–Kier alpha value is -2.05. The molecule has 0 saturated carbocycles. The number of ether oxygens (including phenoxy) is 2. The molecule has 138 valence electrons. The van der Waals surface area contributed by atoms with Gasteiger partial charge < -0.3 is 18.8 Å². The van der Waals surface area contributed by atoms with E-state index in [9.17, 15) is 4.39 Å². The highest BCUT2D eigenvalue weighted by Crippen LogP contribution is 2.36. The average molecular weight is 358 g/mol. The first-order chi connectivity index (χ1) is 12.2. The molecule has 6 heteroatoms. The molecule has 0 aromatic heterocycles. The second kappa shape index (κ2) is 6.93. The van der Waals surface area contributed by atoms with Gasteiger partial charge >= 0.3 is 7.12 Å². The Morgan fingerprint density at radius 3 is 2.23 bits per heavy atom. The molecule has 1 fully saturated rings. The summed E-state index contributed by atoms with van der Waals surface area (Å²) in [5.41, 5.74) is 0.100. The van der Waals surface area contributed by atoms with Crippen molar-refractivity contribution in [3.05, 3.63) is 59.8 Å². The maximum atomic E-state index is 14.4. The van der Waals surface area contributed by atoms with E-state index in [2.05, 4.69) is 0 Å². The normalized spacial score (nSPS) is 21.5. The molecule has 3 rings (SSSR count). The molecule has 1 aromatic carbocycles. The third-order valence-corrected chi connectivity index (χ3v) is 4.99. The number of allylic oxidation sites excluding steroid dienone is 4. The van der Waals surface area contributed by atoms with E-state index in [4.69, 9.17) is 18.8 Å². The van der Waals surface area contributed by atoms with Crippen molar-refractivity contribution in [3.63, 3.8) is 0 Å². The lowest BCUT2D eigenvalue weighted by Gasteiger charge is -2.32. The summed E-state index contributed by atoms with van der Waals surface area (Å²) in [6.07, 6.45) is 5.69. The van der Waals surface area contributed by atoms with E-state index < -0.39 is 24.1 Å². The summed E-state index contributed by atoms with van der Waals surface area (Å²) in [6.45, 7) is 8.05. The number of halogens is 1. The van der Waals surface area contributed by atoms with Crippen molar-refractivity contribution in [2.24, 2.45) is 0 Å². The van der Waals surface area contributed by atoms with Crippen LogP contribution in [0.4, 0.5) is 4.39 Å². The van der Waals surface area contributed by atoms with Gasteiger partial charge in [0.05, 0.1) is 18.3 Å². The lowest BCUT2D eigenvalue weighted by atomic mass is 9.79. The summed E-state index contributed by atoms with van der Waals surface area (Å²) >= 11 is 0. The van der Waals surface area contributed by atoms with E-state index in [1.54, 1.807) is 24.3 Å². The highest BCUT2D eigenvalue weighted by Gasteiger charge is 2.51. The van der Waals surface area contributed by atoms with Gasteiger partial charge in [0.15, 0.2) is 11.5 Å². The van der Waals surface area contributed by atoms with Crippen LogP contribution >= 0.6 is 0 Å². The van der Waals surface area contributed by atoms with Crippen LogP contribution in [-0.2, 0) is 14.0 Å². The van der Waals surface area contributed by atoms with Crippen molar-refractivity contribution in [2.45, 2.75) is 45.3 Å². The molecule has 0 bridgehead atoms. The first-order valence-corrected chi connectivity index (χ1v) is 8.68. The van der Waals surface area contributed by atoms with Crippen LogP contribution in [0.3, 0.4) is 0 Å². The molecule has 0 spiro atoms. The van der Waals surface area contributed by atoms with Crippen LogP contribution in [0, 0.1) is 0 Å². The van der Waals surface area contributed by atoms with Crippen molar-refractivity contribution < 1.29 is 23.2 Å². The minimum absolute atomic E-state index is 0.124. The van der Waals surface area contributed by atoms with Crippen LogP contribution in [0.15, 0.2) is 59.8 Å². The Bertz CT molecular complexity index is 747. The monoisotopic (exact) mass is 358 g/mol. The molecular weight excluding hydrogens is 334 g/mol. The van der Waals surface area contributed by atoms with Crippen LogP contribution in [0.25, 0.3) is 0 Å². The van der Waals surface area contributed by atoms with Gasteiger partial charge in [0, 0.05) is 0 Å². The standard InChI is InChI=1S/C20H24BFO4/c1-19(2)20(3,4)26-21(25-19)14-10-12-15(13-11-14)24-17-9-7-6-8-16(23-5)18(17)22/h7-13H,6H2,1-5H3. The smallest absolute Gasteiger partial charge is 0.494 e. The van der Waals surface area contributed by atoms with Crippen molar-refractivity contribution in [2.75, 3.05) is 7.11 Å². The van der Waals surface area contributed by atoms with Gasteiger partial charge in [-0.05, 0) is 63.9 Å². The van der Waals surface area contributed by atoms with Crippen molar-refractivity contribution in [3.8, 4) is 5.75 Å². The third-order valence-electron chi connectivity index (χ3n) is 4.99. The average Bonchev–Trinajstić information content (AvgIpc) is 2.71. The van der Waals surface area contributed by atoms with Crippen LogP contribution in [0.5, 0.6) is 5.75 Å². The second-order valence-electron chi connectivity index (χ2n) is 7.35. The molecule has 0 unspecified atom stereocenters. The van der Waals surface area contributed by atoms with Crippen molar-refractivity contribution in [1.29, 1.82) is 0 Å². The predicted molar refractivity (Wildman–Crippen MR) is 99.8 cm³/mol. The minimum atomic E-state index is -0.517. The Labute approximate surface area is 154 Å². The summed E-state index contributed by atoms with van der Waals surface area (Å²) < 4.78 is 37.2. The summed E-state index contributed by atoms with van der Waals surface area (Å²) in [4.78, 5) is 0. The van der Waals surface area contributed by atoms with Gasteiger partial charge in [-0.15, -0.1) is 0 Å². The molecule has 1 saturated heterocycles. The number of methoxy groups -OCH3 is 1. The van der Waals surface area contributed by atoms with Crippen LogP contribution in [0.2, 0.25) is 0 Å². The van der Waals surface area contributed by atoms with Gasteiger partial charge in [-0.2, -0.15) is 4.39 Å².